The number of rotatable bonds is 4. The molecule has 4 heteroatoms. The Bertz CT molecular complexity index is 970. The highest BCUT2D eigenvalue weighted by atomic mass is 16.6. The van der Waals surface area contributed by atoms with E-state index in [-0.39, 0.29) is 45.8 Å². The number of aliphatic hydroxyl groups excluding tert-OH is 1. The van der Waals surface area contributed by atoms with E-state index in [1.807, 2.05) is 6.92 Å². The largest absolute Gasteiger partial charge is 0.462 e. The van der Waals surface area contributed by atoms with E-state index in [0.717, 1.165) is 44.9 Å². The summed E-state index contributed by atoms with van der Waals surface area (Å²) in [5.74, 6) is 2.55. The predicted octanol–water partition coefficient (Wildman–Crippen LogP) is 7.58. The van der Waals surface area contributed by atoms with Crippen LogP contribution in [0.1, 0.15) is 113 Å². The van der Waals surface area contributed by atoms with Crippen LogP contribution in [0.15, 0.2) is 11.6 Å². The molecule has 38 heavy (non-hydrogen) atoms. The number of ether oxygens (including phenoxy) is 2. The second kappa shape index (κ2) is 9.33. The van der Waals surface area contributed by atoms with Gasteiger partial charge in [-0.25, -0.2) is 0 Å². The molecule has 0 amide bonds. The van der Waals surface area contributed by atoms with Crippen LogP contribution < -0.4 is 0 Å². The van der Waals surface area contributed by atoms with Gasteiger partial charge in [0.2, 0.25) is 0 Å². The van der Waals surface area contributed by atoms with Crippen molar-refractivity contribution in [3.8, 4) is 0 Å². The van der Waals surface area contributed by atoms with E-state index in [0.29, 0.717) is 30.3 Å². The lowest BCUT2D eigenvalue weighted by atomic mass is 9.33. The highest BCUT2D eigenvalue weighted by molar-refractivity contribution is 5.79. The zero-order chi connectivity index (χ0) is 27.9. The van der Waals surface area contributed by atoms with Crippen LogP contribution in [0.25, 0.3) is 0 Å². The average molecular weight is 529 g/mol. The maximum atomic E-state index is 14.0. The molecule has 0 aromatic carbocycles. The molecule has 5 aliphatic rings. The van der Waals surface area contributed by atoms with Crippen molar-refractivity contribution in [1.82, 2.24) is 0 Å². The van der Waals surface area contributed by atoms with E-state index in [1.165, 1.54) is 12.8 Å². The van der Waals surface area contributed by atoms with E-state index in [1.54, 1.807) is 12.7 Å². The molecular weight excluding hydrogens is 472 g/mol. The van der Waals surface area contributed by atoms with Gasteiger partial charge < -0.3 is 14.6 Å². The van der Waals surface area contributed by atoms with Gasteiger partial charge in [0.05, 0.1) is 17.6 Å². The van der Waals surface area contributed by atoms with Gasteiger partial charge in [0.1, 0.15) is 6.61 Å². The molecule has 0 heterocycles. The minimum atomic E-state index is -0.397. The van der Waals surface area contributed by atoms with E-state index < -0.39 is 5.41 Å². The lowest BCUT2D eigenvalue weighted by molar-refractivity contribution is -0.208. The predicted molar refractivity (Wildman–Crippen MR) is 152 cm³/mol. The molecule has 0 aromatic heterocycles. The summed E-state index contributed by atoms with van der Waals surface area (Å²) >= 11 is 0. The van der Waals surface area contributed by atoms with Crippen LogP contribution in [0.3, 0.4) is 0 Å². The van der Waals surface area contributed by atoms with Crippen LogP contribution in [-0.4, -0.2) is 37.0 Å². The third-order valence-electron chi connectivity index (χ3n) is 14.2. The molecule has 0 aliphatic heterocycles. The van der Waals surface area contributed by atoms with Crippen molar-refractivity contribution in [2.24, 2.45) is 56.7 Å². The fourth-order valence-electron chi connectivity index (χ4n) is 11.2. The van der Waals surface area contributed by atoms with Crippen molar-refractivity contribution in [3.63, 3.8) is 0 Å². The van der Waals surface area contributed by atoms with E-state index in [9.17, 15) is 9.90 Å². The second-order valence-electron chi connectivity index (χ2n) is 15.8. The van der Waals surface area contributed by atoms with Gasteiger partial charge in [-0.05, 0) is 116 Å². The minimum Gasteiger partial charge on any atom is -0.462 e. The summed E-state index contributed by atoms with van der Waals surface area (Å²) in [5, 5.41) is 11.0. The van der Waals surface area contributed by atoms with Crippen molar-refractivity contribution in [2.75, 3.05) is 13.7 Å². The highest BCUT2D eigenvalue weighted by Gasteiger charge is 2.69. The first-order valence-electron chi connectivity index (χ1n) is 15.8. The van der Waals surface area contributed by atoms with Crippen LogP contribution in [-0.2, 0) is 14.3 Å². The van der Waals surface area contributed by atoms with Crippen LogP contribution in [0.4, 0.5) is 0 Å². The Morgan fingerprint density at radius 1 is 1.00 bits per heavy atom. The Morgan fingerprint density at radius 2 is 1.71 bits per heavy atom. The van der Waals surface area contributed by atoms with Crippen molar-refractivity contribution < 1.29 is 19.4 Å². The van der Waals surface area contributed by atoms with Gasteiger partial charge in [-0.1, -0.05) is 60.1 Å². The zero-order valence-corrected chi connectivity index (χ0v) is 25.9. The molecule has 0 aromatic rings. The molecule has 0 spiro atoms. The standard InChI is InChI=1S/C34H56O4/c1-21-12-17-34(29(36)38-20-22(2)37-9)19-18-32(7)24(28(34)23(21)3)10-11-26-31(6)15-14-27(35)30(4,5)25(31)13-16-33(26,32)8/h10,21-23,25-28,35H,11-20H2,1-9H3/t21-,22?,23+,25?,26-,27+,28+,31+,32-,33-,34+/m1/s1. The highest BCUT2D eigenvalue weighted by Crippen LogP contribution is 2.75. The van der Waals surface area contributed by atoms with Crippen LogP contribution >= 0.6 is 0 Å². The Balaban J connectivity index is 1.55. The van der Waals surface area contributed by atoms with Crippen LogP contribution in [0.5, 0.6) is 0 Å². The molecule has 5 aliphatic carbocycles. The topological polar surface area (TPSA) is 55.8 Å². The Morgan fingerprint density at radius 3 is 2.39 bits per heavy atom. The fourth-order valence-corrected chi connectivity index (χ4v) is 11.2. The van der Waals surface area contributed by atoms with E-state index in [2.05, 4.69) is 54.5 Å². The molecule has 0 radical (unpaired) electrons. The maximum absolute atomic E-state index is 14.0. The van der Waals surface area contributed by atoms with Crippen molar-refractivity contribution in [1.29, 1.82) is 0 Å². The van der Waals surface area contributed by atoms with Gasteiger partial charge >= 0.3 is 5.97 Å². The molecule has 11 atom stereocenters. The zero-order valence-electron chi connectivity index (χ0n) is 25.9. The van der Waals surface area contributed by atoms with Crippen molar-refractivity contribution in [2.45, 2.75) is 125 Å². The van der Waals surface area contributed by atoms with Gasteiger partial charge in [0.25, 0.3) is 0 Å². The molecule has 216 valence electrons. The maximum Gasteiger partial charge on any atom is 0.312 e. The number of carbonyl (C=O) groups excluding carboxylic acids is 1. The number of aliphatic hydroxyl groups is 1. The molecule has 1 N–H and O–H groups in total. The summed E-state index contributed by atoms with van der Waals surface area (Å²) in [6.45, 7) is 19.5. The summed E-state index contributed by atoms with van der Waals surface area (Å²) in [6, 6.07) is 0. The number of hydrogen-bond acceptors (Lipinski definition) is 4. The van der Waals surface area contributed by atoms with Crippen molar-refractivity contribution >= 4 is 5.97 Å². The molecule has 4 fully saturated rings. The molecule has 5 rings (SSSR count). The van der Waals surface area contributed by atoms with E-state index in [4.69, 9.17) is 9.47 Å². The number of fused-ring (bicyclic) bond motifs is 7. The number of methoxy groups -OCH3 is 1. The molecule has 4 saturated carbocycles. The first-order valence-corrected chi connectivity index (χ1v) is 15.8. The summed E-state index contributed by atoms with van der Waals surface area (Å²) in [4.78, 5) is 14.0. The summed E-state index contributed by atoms with van der Waals surface area (Å²) in [5.41, 5.74) is 1.72. The van der Waals surface area contributed by atoms with Crippen LogP contribution in [0, 0.1) is 56.7 Å². The number of carbonyl (C=O) groups is 1. The molecule has 0 bridgehead atoms. The summed E-state index contributed by atoms with van der Waals surface area (Å²) < 4.78 is 11.4. The smallest absolute Gasteiger partial charge is 0.312 e. The molecule has 0 saturated heterocycles. The first-order chi connectivity index (χ1) is 17.7. The monoisotopic (exact) mass is 528 g/mol. The van der Waals surface area contributed by atoms with Crippen LogP contribution in [0.2, 0.25) is 0 Å². The fraction of sp³-hybridized carbons (Fsp3) is 0.912. The lowest BCUT2D eigenvalue weighted by Gasteiger charge is -2.71. The Hall–Kier alpha value is -0.870. The summed E-state index contributed by atoms with van der Waals surface area (Å²) in [6.07, 6.45) is 12.0. The van der Waals surface area contributed by atoms with Gasteiger partial charge in [0, 0.05) is 7.11 Å². The van der Waals surface area contributed by atoms with Gasteiger partial charge in [-0.3, -0.25) is 4.79 Å². The third-order valence-corrected chi connectivity index (χ3v) is 14.2. The number of allylic oxidation sites excluding steroid dienone is 2. The molecule has 2 unspecified atom stereocenters. The molecular formula is C34H56O4. The van der Waals surface area contributed by atoms with Gasteiger partial charge in [0.15, 0.2) is 0 Å². The average Bonchev–Trinajstić information content (AvgIpc) is 2.87. The second-order valence-corrected chi connectivity index (χ2v) is 15.8. The minimum absolute atomic E-state index is 0.0269. The lowest BCUT2D eigenvalue weighted by Crippen LogP contribution is -2.65. The third kappa shape index (κ3) is 3.70. The first kappa shape index (κ1) is 28.7. The Kier molecular flexibility index (Phi) is 7.03. The normalized spacial score (nSPS) is 50.4. The quantitative estimate of drug-likeness (QED) is 0.302. The number of hydrogen-bond donors (Lipinski definition) is 1. The summed E-state index contributed by atoms with van der Waals surface area (Å²) in [7, 11) is 1.68. The van der Waals surface area contributed by atoms with Crippen molar-refractivity contribution in [3.05, 3.63) is 11.6 Å². The molecule has 4 nitrogen and oxygen atoms in total. The van der Waals surface area contributed by atoms with Gasteiger partial charge in [-0.2, -0.15) is 0 Å². The SMILES string of the molecule is COC(C)COC(=O)[C@]12CC[C@@H](C)[C@H](C)[C@H]1C1=CC[C@@H]3[C@@]4(C)CC[C@H](O)C(C)(C)C4CC[C@@]3(C)[C@]1(C)CC2. The van der Waals surface area contributed by atoms with E-state index >= 15 is 0 Å². The van der Waals surface area contributed by atoms with Gasteiger partial charge in [-0.15, -0.1) is 0 Å². The number of esters is 1. The Labute approximate surface area is 232 Å².